The topological polar surface area (TPSA) is 0 Å². The van der Waals surface area contributed by atoms with Crippen molar-refractivity contribution >= 4 is 0 Å². The third-order valence-electron chi connectivity index (χ3n) is 7.06. The lowest BCUT2D eigenvalue weighted by atomic mass is 9.77. The first-order chi connectivity index (χ1) is 13.6. The van der Waals surface area contributed by atoms with Gasteiger partial charge in [0, 0.05) is 0 Å². The van der Waals surface area contributed by atoms with Gasteiger partial charge in [-0.3, -0.25) is 0 Å². The molecule has 0 aromatic heterocycles. The van der Waals surface area contributed by atoms with Gasteiger partial charge < -0.3 is 0 Å². The van der Waals surface area contributed by atoms with E-state index in [2.05, 4.69) is 19.1 Å². The number of halogens is 3. The fourth-order valence-electron chi connectivity index (χ4n) is 5.29. The highest BCUT2D eigenvalue weighted by Gasteiger charge is 2.23. The van der Waals surface area contributed by atoms with Crippen LogP contribution < -0.4 is 0 Å². The molecular weight excluding hydrogens is 357 g/mol. The van der Waals surface area contributed by atoms with Crippen LogP contribution in [0.1, 0.15) is 95.5 Å². The van der Waals surface area contributed by atoms with Gasteiger partial charge in [0.1, 0.15) is 0 Å². The van der Waals surface area contributed by atoms with Gasteiger partial charge in [-0.25, -0.2) is 13.2 Å². The van der Waals surface area contributed by atoms with E-state index in [4.69, 9.17) is 0 Å². The Kier molecular flexibility index (Phi) is 8.05. The van der Waals surface area contributed by atoms with Crippen molar-refractivity contribution in [2.24, 2.45) is 17.8 Å². The summed E-state index contributed by atoms with van der Waals surface area (Å²) in [6.07, 6.45) is 19.6. The molecular formula is C25H35F3. The molecule has 2 aliphatic carbocycles. The first kappa shape index (κ1) is 21.5. The number of rotatable bonds is 7. The van der Waals surface area contributed by atoms with Crippen LogP contribution in [0, 0.1) is 35.2 Å². The molecule has 2 saturated carbocycles. The van der Waals surface area contributed by atoms with E-state index in [9.17, 15) is 13.2 Å². The van der Waals surface area contributed by atoms with Crippen molar-refractivity contribution in [3.63, 3.8) is 0 Å². The summed E-state index contributed by atoms with van der Waals surface area (Å²) in [5.41, 5.74) is 0.609. The first-order valence-corrected chi connectivity index (χ1v) is 11.4. The minimum absolute atomic E-state index is 0.146. The predicted octanol–water partition coefficient (Wildman–Crippen LogP) is 8.32. The van der Waals surface area contributed by atoms with Gasteiger partial charge in [0.15, 0.2) is 17.5 Å². The van der Waals surface area contributed by atoms with E-state index in [0.717, 1.165) is 37.5 Å². The standard InChI is InChI=1S/C25H35F3/c1-2-5-18-8-10-19(11-9-18)6-3-4-7-20-12-14-21(15-13-20)22-16-23(26)25(28)24(27)17-22/h4,7,16-21H,2-3,5-6,8-15H2,1H3/b7-4+. The summed E-state index contributed by atoms with van der Waals surface area (Å²) in [6, 6.07) is 2.35. The fraction of sp³-hybridized carbons (Fsp3) is 0.680. The Labute approximate surface area is 168 Å². The monoisotopic (exact) mass is 392 g/mol. The Morgan fingerprint density at radius 2 is 1.39 bits per heavy atom. The minimum atomic E-state index is -1.36. The molecule has 2 fully saturated rings. The van der Waals surface area contributed by atoms with Crippen molar-refractivity contribution in [2.45, 2.75) is 89.9 Å². The summed E-state index contributed by atoms with van der Waals surface area (Å²) in [4.78, 5) is 0. The van der Waals surface area contributed by atoms with Crippen molar-refractivity contribution in [1.82, 2.24) is 0 Å². The number of hydrogen-bond donors (Lipinski definition) is 0. The van der Waals surface area contributed by atoms with Gasteiger partial charge >= 0.3 is 0 Å². The summed E-state index contributed by atoms with van der Waals surface area (Å²) in [5, 5.41) is 0. The number of benzene rings is 1. The second kappa shape index (κ2) is 10.5. The van der Waals surface area contributed by atoms with Gasteiger partial charge in [-0.15, -0.1) is 0 Å². The van der Waals surface area contributed by atoms with Crippen LogP contribution in [0.3, 0.4) is 0 Å². The minimum Gasteiger partial charge on any atom is -0.204 e. The SMILES string of the molecule is CCCC1CCC(CC/C=C/C2CCC(c3cc(F)c(F)c(F)c3)CC2)CC1. The quantitative estimate of drug-likeness (QED) is 0.323. The van der Waals surface area contributed by atoms with Gasteiger partial charge in [-0.2, -0.15) is 0 Å². The van der Waals surface area contributed by atoms with Gasteiger partial charge in [0.25, 0.3) is 0 Å². The normalized spacial score (nSPS) is 28.7. The van der Waals surface area contributed by atoms with E-state index >= 15 is 0 Å². The zero-order valence-electron chi connectivity index (χ0n) is 17.2. The molecule has 0 saturated heterocycles. The molecule has 1 aromatic rings. The third-order valence-corrected chi connectivity index (χ3v) is 7.06. The van der Waals surface area contributed by atoms with Crippen LogP contribution in [0.25, 0.3) is 0 Å². The number of hydrogen-bond acceptors (Lipinski definition) is 0. The molecule has 28 heavy (non-hydrogen) atoms. The molecule has 1 aromatic carbocycles. The van der Waals surface area contributed by atoms with E-state index in [1.54, 1.807) is 0 Å². The van der Waals surface area contributed by atoms with Crippen LogP contribution in [0.2, 0.25) is 0 Å². The largest absolute Gasteiger partial charge is 0.204 e. The van der Waals surface area contributed by atoms with Crippen LogP contribution >= 0.6 is 0 Å². The second-order valence-corrected chi connectivity index (χ2v) is 9.09. The zero-order chi connectivity index (χ0) is 19.9. The molecule has 0 radical (unpaired) electrons. The summed E-state index contributed by atoms with van der Waals surface area (Å²) in [6.45, 7) is 2.29. The molecule has 0 spiro atoms. The van der Waals surface area contributed by atoms with Crippen molar-refractivity contribution < 1.29 is 13.2 Å². The molecule has 156 valence electrons. The Morgan fingerprint density at radius 1 is 0.821 bits per heavy atom. The zero-order valence-corrected chi connectivity index (χ0v) is 17.2. The van der Waals surface area contributed by atoms with E-state index < -0.39 is 17.5 Å². The van der Waals surface area contributed by atoms with Crippen molar-refractivity contribution in [2.75, 3.05) is 0 Å². The Morgan fingerprint density at radius 3 is 1.96 bits per heavy atom. The lowest BCUT2D eigenvalue weighted by Crippen LogP contribution is -2.14. The molecule has 3 heteroatoms. The maximum Gasteiger partial charge on any atom is 0.194 e. The van der Waals surface area contributed by atoms with Crippen molar-refractivity contribution in [3.05, 3.63) is 47.3 Å². The molecule has 0 N–H and O–H groups in total. The molecule has 0 atom stereocenters. The average Bonchev–Trinajstić information content (AvgIpc) is 2.71. The molecule has 0 bridgehead atoms. The smallest absolute Gasteiger partial charge is 0.194 e. The highest BCUT2D eigenvalue weighted by atomic mass is 19.2. The predicted molar refractivity (Wildman–Crippen MR) is 110 cm³/mol. The molecule has 0 unspecified atom stereocenters. The molecule has 0 aliphatic heterocycles. The molecule has 2 aliphatic rings. The average molecular weight is 393 g/mol. The molecule has 0 heterocycles. The van der Waals surface area contributed by atoms with E-state index in [-0.39, 0.29) is 5.92 Å². The van der Waals surface area contributed by atoms with E-state index in [1.807, 2.05) is 0 Å². The van der Waals surface area contributed by atoms with Gasteiger partial charge in [-0.05, 0) is 79.9 Å². The molecule has 0 amide bonds. The summed E-state index contributed by atoms with van der Waals surface area (Å²) in [7, 11) is 0. The highest BCUT2D eigenvalue weighted by molar-refractivity contribution is 5.23. The highest BCUT2D eigenvalue weighted by Crippen LogP contribution is 2.37. The maximum atomic E-state index is 13.5. The van der Waals surface area contributed by atoms with E-state index in [0.29, 0.717) is 11.5 Å². The lowest BCUT2D eigenvalue weighted by molar-refractivity contribution is 0.253. The van der Waals surface area contributed by atoms with Crippen LogP contribution in [0.4, 0.5) is 13.2 Å². The molecule has 0 nitrogen and oxygen atoms in total. The maximum absolute atomic E-state index is 13.5. The van der Waals surface area contributed by atoms with Crippen LogP contribution in [0.15, 0.2) is 24.3 Å². The fourth-order valence-corrected chi connectivity index (χ4v) is 5.29. The Bertz CT molecular complexity index is 612. The summed E-state index contributed by atoms with van der Waals surface area (Å²) >= 11 is 0. The van der Waals surface area contributed by atoms with Gasteiger partial charge in [0.2, 0.25) is 0 Å². The summed E-state index contributed by atoms with van der Waals surface area (Å²) < 4.78 is 40.1. The van der Waals surface area contributed by atoms with E-state index in [1.165, 1.54) is 63.5 Å². The van der Waals surface area contributed by atoms with Crippen molar-refractivity contribution in [1.29, 1.82) is 0 Å². The Hall–Kier alpha value is -1.25. The van der Waals surface area contributed by atoms with Crippen LogP contribution in [0.5, 0.6) is 0 Å². The Balaban J connectivity index is 1.36. The van der Waals surface area contributed by atoms with Gasteiger partial charge in [-0.1, -0.05) is 57.6 Å². The lowest BCUT2D eigenvalue weighted by Gasteiger charge is -2.28. The van der Waals surface area contributed by atoms with Gasteiger partial charge in [0.05, 0.1) is 0 Å². The van der Waals surface area contributed by atoms with Crippen LogP contribution in [-0.4, -0.2) is 0 Å². The summed E-state index contributed by atoms with van der Waals surface area (Å²) in [5.74, 6) is -0.883. The van der Waals surface area contributed by atoms with Crippen LogP contribution in [-0.2, 0) is 0 Å². The third kappa shape index (κ3) is 5.87. The second-order valence-electron chi connectivity index (χ2n) is 9.09. The number of allylic oxidation sites excluding steroid dienone is 2. The molecule has 3 rings (SSSR count). The first-order valence-electron chi connectivity index (χ1n) is 11.4. The van der Waals surface area contributed by atoms with Crippen molar-refractivity contribution in [3.8, 4) is 0 Å².